The summed E-state index contributed by atoms with van der Waals surface area (Å²) in [5.41, 5.74) is -0.603. The molecule has 0 spiro atoms. The van der Waals surface area contributed by atoms with Crippen LogP contribution in [0.4, 0.5) is 29.5 Å². The SMILES string of the molecule is COc1cccc(NC(=O)Nc2cc(C(F)(F)F)cc(Cl)n2)c1. The lowest BCUT2D eigenvalue weighted by Crippen LogP contribution is -2.20. The highest BCUT2D eigenvalue weighted by Crippen LogP contribution is 2.32. The molecule has 0 bridgehead atoms. The Morgan fingerprint density at radius 1 is 1.22 bits per heavy atom. The first-order valence-electron chi connectivity index (χ1n) is 6.25. The average Bonchev–Trinajstić information content (AvgIpc) is 2.45. The molecule has 1 aromatic heterocycles. The van der Waals surface area contributed by atoms with E-state index in [2.05, 4.69) is 15.6 Å². The summed E-state index contributed by atoms with van der Waals surface area (Å²) >= 11 is 5.54. The summed E-state index contributed by atoms with van der Waals surface area (Å²) in [4.78, 5) is 15.5. The molecule has 2 N–H and O–H groups in total. The molecule has 0 aliphatic heterocycles. The molecular formula is C14H11ClF3N3O2. The largest absolute Gasteiger partial charge is 0.497 e. The standard InChI is InChI=1S/C14H11ClF3N3O2/c1-23-10-4-2-3-9(7-10)19-13(22)21-12-6-8(14(16,17)18)5-11(15)20-12/h2-7H,1H3,(H2,19,20,21,22). The highest BCUT2D eigenvalue weighted by molar-refractivity contribution is 6.29. The fraction of sp³-hybridized carbons (Fsp3) is 0.143. The van der Waals surface area contributed by atoms with E-state index in [4.69, 9.17) is 16.3 Å². The molecule has 0 aliphatic rings. The van der Waals surface area contributed by atoms with E-state index in [1.807, 2.05) is 0 Å². The number of rotatable bonds is 3. The van der Waals surface area contributed by atoms with Crippen molar-refractivity contribution in [1.82, 2.24) is 4.98 Å². The van der Waals surface area contributed by atoms with Gasteiger partial charge in [-0.05, 0) is 24.3 Å². The van der Waals surface area contributed by atoms with Crippen LogP contribution < -0.4 is 15.4 Å². The number of carbonyl (C=O) groups excluding carboxylic acids is 1. The predicted molar refractivity (Wildman–Crippen MR) is 79.9 cm³/mol. The van der Waals surface area contributed by atoms with E-state index in [0.717, 1.165) is 0 Å². The van der Waals surface area contributed by atoms with Gasteiger partial charge < -0.3 is 10.1 Å². The summed E-state index contributed by atoms with van der Waals surface area (Å²) in [6.07, 6.45) is -4.59. The second-order valence-electron chi connectivity index (χ2n) is 4.37. The van der Waals surface area contributed by atoms with Crippen LogP contribution in [-0.4, -0.2) is 18.1 Å². The molecule has 0 atom stereocenters. The molecule has 0 radical (unpaired) electrons. The Hall–Kier alpha value is -2.48. The zero-order chi connectivity index (χ0) is 17.0. The van der Waals surface area contributed by atoms with Crippen LogP contribution in [0.15, 0.2) is 36.4 Å². The van der Waals surface area contributed by atoms with Crippen LogP contribution in [0.25, 0.3) is 0 Å². The number of anilines is 2. The van der Waals surface area contributed by atoms with Crippen molar-refractivity contribution in [2.75, 3.05) is 17.7 Å². The van der Waals surface area contributed by atoms with E-state index in [-0.39, 0.29) is 11.0 Å². The lowest BCUT2D eigenvalue weighted by atomic mass is 10.2. The smallest absolute Gasteiger partial charge is 0.416 e. The van der Waals surface area contributed by atoms with E-state index in [0.29, 0.717) is 23.6 Å². The lowest BCUT2D eigenvalue weighted by molar-refractivity contribution is -0.137. The summed E-state index contributed by atoms with van der Waals surface area (Å²) in [5.74, 6) is 0.202. The van der Waals surface area contributed by atoms with Crippen molar-refractivity contribution >= 4 is 29.1 Å². The van der Waals surface area contributed by atoms with Gasteiger partial charge in [0.2, 0.25) is 0 Å². The number of alkyl halides is 3. The third kappa shape index (κ3) is 4.75. The molecule has 1 aromatic carbocycles. The molecule has 9 heteroatoms. The second kappa shape index (κ2) is 6.74. The molecule has 2 amide bonds. The summed E-state index contributed by atoms with van der Waals surface area (Å²) in [6, 6.07) is 7.07. The number of amides is 2. The van der Waals surface area contributed by atoms with Crippen molar-refractivity contribution in [3.8, 4) is 5.75 Å². The van der Waals surface area contributed by atoms with Crippen molar-refractivity contribution in [3.05, 3.63) is 47.1 Å². The van der Waals surface area contributed by atoms with Crippen LogP contribution in [0.2, 0.25) is 5.15 Å². The number of hydrogen-bond donors (Lipinski definition) is 2. The Morgan fingerprint density at radius 2 is 1.96 bits per heavy atom. The van der Waals surface area contributed by atoms with E-state index in [9.17, 15) is 18.0 Å². The minimum absolute atomic E-state index is 0.315. The van der Waals surface area contributed by atoms with Gasteiger partial charge in [-0.3, -0.25) is 5.32 Å². The molecule has 0 unspecified atom stereocenters. The Bertz CT molecular complexity index is 723. The number of benzene rings is 1. The molecular weight excluding hydrogens is 335 g/mol. The van der Waals surface area contributed by atoms with E-state index in [1.165, 1.54) is 7.11 Å². The van der Waals surface area contributed by atoms with E-state index in [1.54, 1.807) is 24.3 Å². The van der Waals surface area contributed by atoms with E-state index >= 15 is 0 Å². The van der Waals surface area contributed by atoms with Gasteiger partial charge in [0, 0.05) is 11.8 Å². The van der Waals surface area contributed by atoms with Crippen LogP contribution >= 0.6 is 11.6 Å². The summed E-state index contributed by atoms with van der Waals surface area (Å²) in [5, 5.41) is 4.26. The average molecular weight is 346 g/mol. The molecule has 122 valence electrons. The van der Waals surface area contributed by atoms with Crippen LogP contribution in [0, 0.1) is 0 Å². The van der Waals surface area contributed by atoms with Crippen molar-refractivity contribution in [2.24, 2.45) is 0 Å². The quantitative estimate of drug-likeness (QED) is 0.810. The minimum atomic E-state index is -4.59. The number of pyridine rings is 1. The normalized spacial score (nSPS) is 11.0. The van der Waals surface area contributed by atoms with Gasteiger partial charge in [-0.25, -0.2) is 9.78 Å². The van der Waals surface area contributed by atoms with Gasteiger partial charge in [-0.2, -0.15) is 13.2 Å². The number of ether oxygens (including phenoxy) is 1. The molecule has 0 fully saturated rings. The maximum absolute atomic E-state index is 12.7. The molecule has 1 heterocycles. The van der Waals surface area contributed by atoms with Crippen LogP contribution in [0.5, 0.6) is 5.75 Å². The van der Waals surface area contributed by atoms with Gasteiger partial charge in [-0.1, -0.05) is 17.7 Å². The molecule has 2 rings (SSSR count). The maximum Gasteiger partial charge on any atom is 0.416 e. The zero-order valence-corrected chi connectivity index (χ0v) is 12.5. The topological polar surface area (TPSA) is 63.2 Å². The van der Waals surface area contributed by atoms with Gasteiger partial charge >= 0.3 is 12.2 Å². The van der Waals surface area contributed by atoms with Gasteiger partial charge in [0.15, 0.2) is 0 Å². The molecule has 0 saturated heterocycles. The van der Waals surface area contributed by atoms with Crippen LogP contribution in [-0.2, 0) is 6.18 Å². The van der Waals surface area contributed by atoms with Gasteiger partial charge in [-0.15, -0.1) is 0 Å². The number of nitrogens with zero attached hydrogens (tertiary/aromatic N) is 1. The number of aromatic nitrogens is 1. The minimum Gasteiger partial charge on any atom is -0.497 e. The Kier molecular flexibility index (Phi) is 4.95. The molecule has 0 aliphatic carbocycles. The predicted octanol–water partition coefficient (Wildman–Crippen LogP) is 4.41. The number of nitrogens with one attached hydrogen (secondary N) is 2. The Balaban J connectivity index is 2.12. The summed E-state index contributed by atoms with van der Waals surface area (Å²) in [6.45, 7) is 0. The van der Waals surface area contributed by atoms with Crippen molar-refractivity contribution in [3.63, 3.8) is 0 Å². The first-order valence-corrected chi connectivity index (χ1v) is 6.62. The molecule has 5 nitrogen and oxygen atoms in total. The monoisotopic (exact) mass is 345 g/mol. The van der Waals surface area contributed by atoms with Gasteiger partial charge in [0.05, 0.1) is 12.7 Å². The number of carbonyl (C=O) groups is 1. The molecule has 2 aromatic rings. The van der Waals surface area contributed by atoms with E-state index < -0.39 is 17.8 Å². The van der Waals surface area contributed by atoms with Gasteiger partial charge in [0.1, 0.15) is 16.7 Å². The van der Waals surface area contributed by atoms with Crippen LogP contribution in [0.1, 0.15) is 5.56 Å². The van der Waals surface area contributed by atoms with Crippen molar-refractivity contribution < 1.29 is 22.7 Å². The first kappa shape index (κ1) is 16.9. The summed E-state index contributed by atoms with van der Waals surface area (Å²) in [7, 11) is 1.47. The molecule has 23 heavy (non-hydrogen) atoms. The van der Waals surface area contributed by atoms with Crippen molar-refractivity contribution in [1.29, 1.82) is 0 Å². The lowest BCUT2D eigenvalue weighted by Gasteiger charge is -2.11. The fourth-order valence-corrected chi connectivity index (χ4v) is 1.91. The highest BCUT2D eigenvalue weighted by Gasteiger charge is 2.31. The Labute approximate surface area is 134 Å². The fourth-order valence-electron chi connectivity index (χ4n) is 1.70. The number of urea groups is 1. The second-order valence-corrected chi connectivity index (χ2v) is 4.76. The number of methoxy groups -OCH3 is 1. The third-order valence-corrected chi connectivity index (χ3v) is 2.88. The maximum atomic E-state index is 12.7. The first-order chi connectivity index (χ1) is 10.8. The Morgan fingerprint density at radius 3 is 2.61 bits per heavy atom. The number of hydrogen-bond acceptors (Lipinski definition) is 3. The summed E-state index contributed by atoms with van der Waals surface area (Å²) < 4.78 is 43.1. The van der Waals surface area contributed by atoms with Crippen molar-refractivity contribution in [2.45, 2.75) is 6.18 Å². The van der Waals surface area contributed by atoms with Crippen LogP contribution in [0.3, 0.4) is 0 Å². The zero-order valence-electron chi connectivity index (χ0n) is 11.7. The third-order valence-electron chi connectivity index (χ3n) is 2.69. The molecule has 0 saturated carbocycles. The number of halogens is 4. The van der Waals surface area contributed by atoms with Gasteiger partial charge in [0.25, 0.3) is 0 Å². The highest BCUT2D eigenvalue weighted by atomic mass is 35.5.